The lowest BCUT2D eigenvalue weighted by Gasteiger charge is -2.26. The molecule has 1 unspecified atom stereocenters. The van der Waals surface area contributed by atoms with Crippen LogP contribution in [0.1, 0.15) is 78.1 Å². The van der Waals surface area contributed by atoms with Crippen molar-refractivity contribution in [3.63, 3.8) is 0 Å². The van der Waals surface area contributed by atoms with Gasteiger partial charge in [0.2, 0.25) is 0 Å². The first-order chi connectivity index (χ1) is 11.2. The topological polar surface area (TPSA) is 9.23 Å². The van der Waals surface area contributed by atoms with E-state index in [1.165, 1.54) is 76.3 Å². The molecule has 1 aromatic rings. The minimum absolute atomic E-state index is 1.08. The van der Waals surface area contributed by atoms with Gasteiger partial charge in [-0.25, -0.2) is 0 Å². The van der Waals surface area contributed by atoms with Gasteiger partial charge < -0.3 is 4.43 Å². The molecule has 1 atom stereocenters. The average molecular weight is 446 g/mol. The lowest BCUT2D eigenvalue weighted by Crippen LogP contribution is -2.34. The van der Waals surface area contributed by atoms with E-state index in [1.807, 2.05) is 0 Å². The van der Waals surface area contributed by atoms with Crippen molar-refractivity contribution >= 4 is 27.6 Å². The third-order valence-electron chi connectivity index (χ3n) is 4.35. The third kappa shape index (κ3) is 10.4. The molecule has 0 saturated heterocycles. The second kappa shape index (κ2) is 13.3. The van der Waals surface area contributed by atoms with Crippen LogP contribution in [0.15, 0.2) is 30.3 Å². The summed E-state index contributed by atoms with van der Waals surface area (Å²) in [5, 5.41) is 0. The Labute approximate surface area is 157 Å². The SMILES string of the molecule is CCCCCCCC[Si](I)(CCCCCC)Oc1ccccc1. The Hall–Kier alpha value is -0.0331. The predicted molar refractivity (Wildman–Crippen MR) is 114 cm³/mol. The largest absolute Gasteiger partial charge is 0.534 e. The summed E-state index contributed by atoms with van der Waals surface area (Å²) in [6.07, 6.45) is 13.6. The molecule has 0 aliphatic carbocycles. The Kier molecular flexibility index (Phi) is 12.1. The van der Waals surface area contributed by atoms with Crippen LogP contribution in [-0.4, -0.2) is 5.81 Å². The molecular formula is C20H35IOSi. The van der Waals surface area contributed by atoms with Crippen molar-refractivity contribution in [2.45, 2.75) is 90.1 Å². The standard InChI is InChI=1S/C20H35IOSi/c1-3-5-7-9-10-15-19-23(21,18-14-8-6-4-2)22-20-16-12-11-13-17-20/h11-13,16-17H,3-10,14-15,18-19H2,1-2H3. The van der Waals surface area contributed by atoms with E-state index in [-0.39, 0.29) is 0 Å². The predicted octanol–water partition coefficient (Wildman–Crippen LogP) is 7.88. The first-order valence-electron chi connectivity index (χ1n) is 9.63. The maximum absolute atomic E-state index is 6.54. The zero-order valence-electron chi connectivity index (χ0n) is 15.2. The Morgan fingerprint density at radius 2 is 1.22 bits per heavy atom. The first-order valence-corrected chi connectivity index (χ1v) is 15.1. The van der Waals surface area contributed by atoms with Crippen LogP contribution < -0.4 is 4.43 Å². The van der Waals surface area contributed by atoms with Crippen LogP contribution in [0.25, 0.3) is 0 Å². The highest BCUT2D eigenvalue weighted by atomic mass is 127. The molecule has 23 heavy (non-hydrogen) atoms. The molecule has 0 aliphatic rings. The fourth-order valence-electron chi connectivity index (χ4n) is 2.91. The number of hydrogen-bond donors (Lipinski definition) is 0. The average Bonchev–Trinajstić information content (AvgIpc) is 2.56. The molecule has 0 radical (unpaired) electrons. The van der Waals surface area contributed by atoms with Crippen molar-refractivity contribution in [3.8, 4) is 5.75 Å². The number of unbranched alkanes of at least 4 members (excludes halogenated alkanes) is 8. The van der Waals surface area contributed by atoms with Crippen LogP contribution in [0, 0.1) is 0 Å². The molecule has 1 aromatic carbocycles. The van der Waals surface area contributed by atoms with Gasteiger partial charge in [0.25, 0.3) is 0 Å². The van der Waals surface area contributed by atoms with Crippen LogP contribution in [-0.2, 0) is 0 Å². The Bertz CT molecular complexity index is 384. The fraction of sp³-hybridized carbons (Fsp3) is 0.700. The fourth-order valence-corrected chi connectivity index (χ4v) is 8.53. The summed E-state index contributed by atoms with van der Waals surface area (Å²) in [6, 6.07) is 13.1. The molecule has 0 fully saturated rings. The van der Waals surface area contributed by atoms with Crippen LogP contribution in [0.2, 0.25) is 12.1 Å². The summed E-state index contributed by atoms with van der Waals surface area (Å²) < 4.78 is 6.54. The van der Waals surface area contributed by atoms with E-state index in [4.69, 9.17) is 4.43 Å². The molecule has 0 aromatic heterocycles. The molecule has 0 heterocycles. The number of benzene rings is 1. The van der Waals surface area contributed by atoms with Crippen molar-refractivity contribution in [1.29, 1.82) is 0 Å². The second-order valence-corrected chi connectivity index (χ2v) is 15.5. The van der Waals surface area contributed by atoms with Gasteiger partial charge >= 0.3 is 5.81 Å². The normalized spacial score (nSPS) is 13.7. The smallest absolute Gasteiger partial charge is 0.316 e. The number of para-hydroxylation sites is 1. The van der Waals surface area contributed by atoms with E-state index in [2.05, 4.69) is 66.0 Å². The van der Waals surface area contributed by atoms with E-state index in [0.717, 1.165) is 5.75 Å². The lowest BCUT2D eigenvalue weighted by atomic mass is 10.1. The van der Waals surface area contributed by atoms with Gasteiger partial charge in [-0.1, -0.05) is 118 Å². The molecule has 3 heteroatoms. The number of hydrogen-bond acceptors (Lipinski definition) is 1. The maximum Gasteiger partial charge on any atom is 0.316 e. The van der Waals surface area contributed by atoms with Crippen LogP contribution in [0.4, 0.5) is 0 Å². The monoisotopic (exact) mass is 446 g/mol. The molecule has 0 bridgehead atoms. The van der Waals surface area contributed by atoms with Crippen molar-refractivity contribution in [2.24, 2.45) is 0 Å². The highest BCUT2D eigenvalue weighted by molar-refractivity contribution is 14.1. The number of halogens is 1. The lowest BCUT2D eigenvalue weighted by molar-refractivity contribution is 0.539. The van der Waals surface area contributed by atoms with Crippen LogP contribution >= 0.6 is 21.8 Å². The van der Waals surface area contributed by atoms with Crippen LogP contribution in [0.3, 0.4) is 0 Å². The molecule has 0 aliphatic heterocycles. The minimum atomic E-state index is -1.64. The van der Waals surface area contributed by atoms with Gasteiger partial charge in [-0.05, 0) is 24.2 Å². The molecule has 132 valence electrons. The van der Waals surface area contributed by atoms with Gasteiger partial charge in [0.15, 0.2) is 0 Å². The van der Waals surface area contributed by atoms with Gasteiger partial charge in [0.1, 0.15) is 5.75 Å². The second-order valence-electron chi connectivity index (χ2n) is 6.63. The Balaban J connectivity index is 2.43. The summed E-state index contributed by atoms with van der Waals surface area (Å²) in [6.45, 7) is 4.57. The van der Waals surface area contributed by atoms with Crippen molar-refractivity contribution in [2.75, 3.05) is 0 Å². The summed E-state index contributed by atoms with van der Waals surface area (Å²) in [7, 11) is 0. The van der Waals surface area contributed by atoms with Gasteiger partial charge in [-0.15, -0.1) is 0 Å². The molecular weight excluding hydrogens is 411 g/mol. The third-order valence-corrected chi connectivity index (χ3v) is 11.1. The maximum atomic E-state index is 6.54. The van der Waals surface area contributed by atoms with Crippen molar-refractivity contribution < 1.29 is 4.43 Å². The van der Waals surface area contributed by atoms with Crippen LogP contribution in [0.5, 0.6) is 5.75 Å². The van der Waals surface area contributed by atoms with E-state index in [1.54, 1.807) is 0 Å². The summed E-state index contributed by atoms with van der Waals surface area (Å²) >= 11 is 2.72. The molecule has 1 nitrogen and oxygen atoms in total. The van der Waals surface area contributed by atoms with E-state index in [0.29, 0.717) is 0 Å². The summed E-state index contributed by atoms with van der Waals surface area (Å²) in [5.41, 5.74) is 0. The first kappa shape index (κ1) is 21.0. The molecule has 0 N–H and O–H groups in total. The summed E-state index contributed by atoms with van der Waals surface area (Å²) in [5.74, 6) is -0.560. The zero-order chi connectivity index (χ0) is 16.8. The van der Waals surface area contributed by atoms with Gasteiger partial charge in [-0.3, -0.25) is 0 Å². The highest BCUT2D eigenvalue weighted by Crippen LogP contribution is 2.32. The minimum Gasteiger partial charge on any atom is -0.534 e. The van der Waals surface area contributed by atoms with E-state index in [9.17, 15) is 0 Å². The summed E-state index contributed by atoms with van der Waals surface area (Å²) in [4.78, 5) is 0. The van der Waals surface area contributed by atoms with Crippen molar-refractivity contribution in [1.82, 2.24) is 0 Å². The number of rotatable bonds is 14. The van der Waals surface area contributed by atoms with E-state index < -0.39 is 5.81 Å². The Morgan fingerprint density at radius 1 is 0.739 bits per heavy atom. The van der Waals surface area contributed by atoms with Gasteiger partial charge in [0.05, 0.1) is 0 Å². The van der Waals surface area contributed by atoms with Gasteiger partial charge in [0, 0.05) is 0 Å². The van der Waals surface area contributed by atoms with E-state index >= 15 is 0 Å². The van der Waals surface area contributed by atoms with Gasteiger partial charge in [-0.2, -0.15) is 0 Å². The molecule has 0 amide bonds. The zero-order valence-corrected chi connectivity index (χ0v) is 18.3. The molecule has 1 rings (SSSR count). The molecule has 0 spiro atoms. The molecule has 0 saturated carbocycles. The Morgan fingerprint density at radius 3 is 1.78 bits per heavy atom. The van der Waals surface area contributed by atoms with Crippen molar-refractivity contribution in [3.05, 3.63) is 30.3 Å². The highest BCUT2D eigenvalue weighted by Gasteiger charge is 2.32. The quantitative estimate of drug-likeness (QED) is 0.122.